The van der Waals surface area contributed by atoms with E-state index in [4.69, 9.17) is 15.5 Å². The summed E-state index contributed by atoms with van der Waals surface area (Å²) in [5.41, 5.74) is 9.30. The highest BCUT2D eigenvalue weighted by molar-refractivity contribution is 5.81. The predicted molar refractivity (Wildman–Crippen MR) is 147 cm³/mol. The standard InChI is InChI=1S/C31H40N4O2/c1-30(2,3)27(35(19-18-31(32)16-17-31)29(36)26-15-10-20-37-26)28-33-25(24-13-8-5-9-14-24)22-34(28)21-23-11-6-4-7-12-23/h4-9,11-14,22,26-27H,10,15-21,32H2,1-3H3/t26-,27-/m0/s1. The first-order chi connectivity index (χ1) is 17.7. The molecule has 0 radical (unpaired) electrons. The molecule has 1 amide bonds. The molecule has 3 aromatic rings. The molecule has 2 heterocycles. The summed E-state index contributed by atoms with van der Waals surface area (Å²) in [5.74, 6) is 0.973. The molecule has 6 nitrogen and oxygen atoms in total. The molecule has 1 saturated carbocycles. The molecular weight excluding hydrogens is 460 g/mol. The number of imidazole rings is 1. The maximum absolute atomic E-state index is 14.0. The first-order valence-corrected chi connectivity index (χ1v) is 13.6. The summed E-state index contributed by atoms with van der Waals surface area (Å²) in [6.45, 7) is 8.54. The number of aromatic nitrogens is 2. The highest BCUT2D eigenvalue weighted by Gasteiger charge is 2.44. The molecule has 2 N–H and O–H groups in total. The van der Waals surface area contributed by atoms with Crippen molar-refractivity contribution in [3.8, 4) is 11.3 Å². The number of carbonyl (C=O) groups is 1. The van der Waals surface area contributed by atoms with E-state index in [0.29, 0.717) is 19.7 Å². The van der Waals surface area contributed by atoms with Gasteiger partial charge in [0.1, 0.15) is 11.9 Å². The topological polar surface area (TPSA) is 73.4 Å². The molecule has 2 fully saturated rings. The largest absolute Gasteiger partial charge is 0.368 e. The van der Waals surface area contributed by atoms with Gasteiger partial charge in [-0.25, -0.2) is 4.98 Å². The average molecular weight is 501 g/mol. The Hall–Kier alpha value is -2.96. The summed E-state index contributed by atoms with van der Waals surface area (Å²) < 4.78 is 8.13. The third-order valence-corrected chi connectivity index (χ3v) is 7.68. The maximum atomic E-state index is 14.0. The number of ether oxygens (including phenoxy) is 1. The molecule has 0 spiro atoms. The highest BCUT2D eigenvalue weighted by Crippen LogP contribution is 2.42. The van der Waals surface area contributed by atoms with E-state index in [2.05, 4.69) is 67.9 Å². The van der Waals surface area contributed by atoms with Crippen molar-refractivity contribution in [2.24, 2.45) is 11.1 Å². The van der Waals surface area contributed by atoms with Crippen molar-refractivity contribution in [1.82, 2.24) is 14.5 Å². The summed E-state index contributed by atoms with van der Waals surface area (Å²) in [6, 6.07) is 20.5. The van der Waals surface area contributed by atoms with Gasteiger partial charge in [0.2, 0.25) is 0 Å². The zero-order chi connectivity index (χ0) is 26.0. The van der Waals surface area contributed by atoms with Gasteiger partial charge < -0.3 is 19.9 Å². The molecule has 37 heavy (non-hydrogen) atoms. The Morgan fingerprint density at radius 3 is 2.41 bits per heavy atom. The van der Waals surface area contributed by atoms with Crippen LogP contribution in [0.1, 0.15) is 70.3 Å². The number of nitrogens with two attached hydrogens (primary N) is 1. The van der Waals surface area contributed by atoms with Crippen molar-refractivity contribution >= 4 is 5.91 Å². The molecule has 5 rings (SSSR count). The molecule has 2 atom stereocenters. The third-order valence-electron chi connectivity index (χ3n) is 7.68. The minimum Gasteiger partial charge on any atom is -0.368 e. The minimum absolute atomic E-state index is 0.0668. The fourth-order valence-electron chi connectivity index (χ4n) is 5.37. The summed E-state index contributed by atoms with van der Waals surface area (Å²) in [5, 5.41) is 0. The first kappa shape index (κ1) is 25.7. The van der Waals surface area contributed by atoms with E-state index in [1.807, 2.05) is 29.2 Å². The second-order valence-corrected chi connectivity index (χ2v) is 11.9. The zero-order valence-electron chi connectivity index (χ0n) is 22.4. The van der Waals surface area contributed by atoms with Crippen molar-refractivity contribution in [2.45, 2.75) is 77.1 Å². The normalized spacial score (nSPS) is 19.5. The van der Waals surface area contributed by atoms with Crippen LogP contribution in [0, 0.1) is 5.41 Å². The van der Waals surface area contributed by atoms with Crippen LogP contribution < -0.4 is 5.73 Å². The van der Waals surface area contributed by atoms with Gasteiger partial charge in [-0.3, -0.25) is 4.79 Å². The Balaban J connectivity index is 1.59. The lowest BCUT2D eigenvalue weighted by molar-refractivity contribution is -0.146. The van der Waals surface area contributed by atoms with E-state index >= 15 is 0 Å². The van der Waals surface area contributed by atoms with Crippen molar-refractivity contribution < 1.29 is 9.53 Å². The predicted octanol–water partition coefficient (Wildman–Crippen LogP) is 5.57. The van der Waals surface area contributed by atoms with Crippen molar-refractivity contribution in [1.29, 1.82) is 0 Å². The molecule has 0 unspecified atom stereocenters. The van der Waals surface area contributed by atoms with E-state index in [0.717, 1.165) is 49.2 Å². The average Bonchev–Trinajstić information content (AvgIpc) is 3.25. The second kappa shape index (κ2) is 10.4. The van der Waals surface area contributed by atoms with E-state index < -0.39 is 0 Å². The van der Waals surface area contributed by atoms with Crippen LogP contribution in [0.4, 0.5) is 0 Å². The van der Waals surface area contributed by atoms with Gasteiger partial charge >= 0.3 is 0 Å². The molecule has 2 aliphatic rings. The number of amides is 1. The van der Waals surface area contributed by atoms with Crippen LogP contribution in [-0.2, 0) is 16.1 Å². The smallest absolute Gasteiger partial charge is 0.252 e. The summed E-state index contributed by atoms with van der Waals surface area (Å²) in [7, 11) is 0. The Labute approximate surface area is 220 Å². The molecule has 1 aliphatic heterocycles. The lowest BCUT2D eigenvalue weighted by atomic mass is 9.84. The van der Waals surface area contributed by atoms with Gasteiger partial charge in [-0.1, -0.05) is 81.4 Å². The monoisotopic (exact) mass is 500 g/mol. The molecule has 196 valence electrons. The summed E-state index contributed by atoms with van der Waals surface area (Å²) in [6.07, 6.45) is 6.29. The van der Waals surface area contributed by atoms with Crippen LogP contribution in [0.15, 0.2) is 66.9 Å². The van der Waals surface area contributed by atoms with Crippen LogP contribution in [-0.4, -0.2) is 45.2 Å². The van der Waals surface area contributed by atoms with Crippen LogP contribution in [0.5, 0.6) is 0 Å². The van der Waals surface area contributed by atoms with Crippen molar-refractivity contribution in [2.75, 3.05) is 13.2 Å². The number of rotatable bonds is 9. The van der Waals surface area contributed by atoms with E-state index in [1.54, 1.807) is 0 Å². The fourth-order valence-corrected chi connectivity index (χ4v) is 5.37. The maximum Gasteiger partial charge on any atom is 0.252 e. The van der Waals surface area contributed by atoms with Gasteiger partial charge in [0.25, 0.3) is 5.91 Å². The second-order valence-electron chi connectivity index (χ2n) is 11.9. The third kappa shape index (κ3) is 5.97. The van der Waals surface area contributed by atoms with Gasteiger partial charge in [-0.05, 0) is 43.1 Å². The molecular formula is C31H40N4O2. The zero-order valence-corrected chi connectivity index (χ0v) is 22.4. The first-order valence-electron chi connectivity index (χ1n) is 13.6. The quantitative estimate of drug-likeness (QED) is 0.417. The Bertz CT molecular complexity index is 1190. The number of benzene rings is 2. The van der Waals surface area contributed by atoms with Gasteiger partial charge in [-0.2, -0.15) is 0 Å². The van der Waals surface area contributed by atoms with Crippen molar-refractivity contribution in [3.63, 3.8) is 0 Å². The summed E-state index contributed by atoms with van der Waals surface area (Å²) in [4.78, 5) is 21.3. The number of hydrogen-bond acceptors (Lipinski definition) is 4. The van der Waals surface area contributed by atoms with Gasteiger partial charge in [-0.15, -0.1) is 0 Å². The lowest BCUT2D eigenvalue weighted by Gasteiger charge is -2.41. The Kier molecular flexibility index (Phi) is 7.24. The van der Waals surface area contributed by atoms with Crippen LogP contribution in [0.3, 0.4) is 0 Å². The lowest BCUT2D eigenvalue weighted by Crippen LogP contribution is -2.48. The van der Waals surface area contributed by atoms with Gasteiger partial charge in [0.05, 0.1) is 11.7 Å². The van der Waals surface area contributed by atoms with E-state index in [-0.39, 0.29) is 29.0 Å². The Morgan fingerprint density at radius 1 is 1.14 bits per heavy atom. The van der Waals surface area contributed by atoms with Gasteiger partial charge in [0.15, 0.2) is 0 Å². The molecule has 1 saturated heterocycles. The van der Waals surface area contributed by atoms with Crippen LogP contribution in [0.25, 0.3) is 11.3 Å². The fraction of sp³-hybridized carbons (Fsp3) is 0.484. The van der Waals surface area contributed by atoms with Gasteiger partial charge in [0, 0.05) is 37.0 Å². The van der Waals surface area contributed by atoms with E-state index in [1.165, 1.54) is 5.56 Å². The van der Waals surface area contributed by atoms with E-state index in [9.17, 15) is 4.79 Å². The van der Waals surface area contributed by atoms with Crippen LogP contribution >= 0.6 is 0 Å². The Morgan fingerprint density at radius 2 is 1.81 bits per heavy atom. The molecule has 6 heteroatoms. The minimum atomic E-state index is -0.385. The molecule has 1 aromatic heterocycles. The number of hydrogen-bond donors (Lipinski definition) is 1. The number of carbonyl (C=O) groups excluding carboxylic acids is 1. The SMILES string of the molecule is CC(C)(C)[C@H](c1nc(-c2ccccc2)cn1Cc1ccccc1)N(CCC1(N)CC1)C(=O)[C@@H]1CCCO1. The highest BCUT2D eigenvalue weighted by atomic mass is 16.5. The van der Waals surface area contributed by atoms with Crippen LogP contribution in [0.2, 0.25) is 0 Å². The summed E-state index contributed by atoms with van der Waals surface area (Å²) >= 11 is 0. The molecule has 2 aromatic carbocycles. The number of nitrogens with zero attached hydrogens (tertiary/aromatic N) is 3. The molecule has 1 aliphatic carbocycles. The molecule has 0 bridgehead atoms. The van der Waals surface area contributed by atoms with Crippen molar-refractivity contribution in [3.05, 3.63) is 78.2 Å².